The van der Waals surface area contributed by atoms with Gasteiger partial charge in [0.15, 0.2) is 5.76 Å². The Morgan fingerprint density at radius 2 is 1.82 bits per heavy atom. The van der Waals surface area contributed by atoms with Crippen molar-refractivity contribution in [2.75, 3.05) is 5.32 Å². The number of carbonyl (C=O) groups is 1. The predicted molar refractivity (Wildman–Crippen MR) is 99.3 cm³/mol. The molecule has 2 heterocycles. The normalized spacial score (nSPS) is 10.6. The lowest BCUT2D eigenvalue weighted by atomic mass is 10.2. The Morgan fingerprint density at radius 1 is 1.04 bits per heavy atom. The van der Waals surface area contributed by atoms with Crippen LogP contribution in [-0.4, -0.2) is 10.9 Å². The van der Waals surface area contributed by atoms with Gasteiger partial charge in [0.05, 0.1) is 6.26 Å². The van der Waals surface area contributed by atoms with Crippen molar-refractivity contribution in [2.45, 2.75) is 6.61 Å². The molecule has 0 saturated heterocycles. The van der Waals surface area contributed by atoms with Crippen LogP contribution in [0.3, 0.4) is 0 Å². The molecule has 0 atom stereocenters. The van der Waals surface area contributed by atoms with Crippen LogP contribution in [0.25, 0.3) is 11.5 Å². The first-order valence-corrected chi connectivity index (χ1v) is 8.45. The number of amides is 1. The van der Waals surface area contributed by atoms with Crippen molar-refractivity contribution in [1.82, 2.24) is 4.98 Å². The molecule has 0 spiro atoms. The largest absolute Gasteiger partial charge is 0.487 e. The lowest BCUT2D eigenvalue weighted by molar-refractivity contribution is 0.0996. The number of nitrogens with one attached hydrogen (secondary N) is 1. The average molecular weight is 378 g/mol. The Balaban J connectivity index is 1.34. The number of furan rings is 1. The quantitative estimate of drug-likeness (QED) is 0.516. The van der Waals surface area contributed by atoms with Crippen molar-refractivity contribution in [1.29, 1.82) is 0 Å². The van der Waals surface area contributed by atoms with Crippen LogP contribution in [0.15, 0.2) is 82.0 Å². The number of halogens is 1. The third-order valence-corrected chi connectivity index (χ3v) is 3.89. The van der Waals surface area contributed by atoms with Crippen molar-refractivity contribution in [3.8, 4) is 17.2 Å². The molecule has 4 aromatic rings. The molecule has 28 heavy (non-hydrogen) atoms. The molecule has 2 aromatic heterocycles. The Hall–Kier alpha value is -3.87. The molecular formula is C21H15FN2O4. The Kier molecular flexibility index (Phi) is 4.88. The van der Waals surface area contributed by atoms with Gasteiger partial charge >= 0.3 is 0 Å². The molecule has 6 nitrogen and oxygen atoms in total. The Morgan fingerprint density at radius 3 is 2.54 bits per heavy atom. The van der Waals surface area contributed by atoms with E-state index in [9.17, 15) is 9.18 Å². The molecule has 0 unspecified atom stereocenters. The van der Waals surface area contributed by atoms with Gasteiger partial charge in [-0.25, -0.2) is 9.37 Å². The third-order valence-electron chi connectivity index (χ3n) is 3.89. The number of benzene rings is 2. The molecule has 0 aliphatic heterocycles. The summed E-state index contributed by atoms with van der Waals surface area (Å²) in [7, 11) is 0. The van der Waals surface area contributed by atoms with Crippen molar-refractivity contribution < 1.29 is 22.8 Å². The summed E-state index contributed by atoms with van der Waals surface area (Å²) in [5.41, 5.74) is 1.91. The summed E-state index contributed by atoms with van der Waals surface area (Å²) in [6.45, 7) is 0.211. The maximum Gasteiger partial charge on any atom is 0.291 e. The Labute approximate surface area is 159 Å². The molecule has 7 heteroatoms. The Bertz CT molecular complexity index is 1050. The molecule has 0 fully saturated rings. The van der Waals surface area contributed by atoms with Crippen molar-refractivity contribution >= 4 is 11.6 Å². The number of oxazole rings is 1. The number of carbonyl (C=O) groups excluding carboxylic acids is 1. The smallest absolute Gasteiger partial charge is 0.291 e. The maximum atomic E-state index is 13.0. The van der Waals surface area contributed by atoms with Crippen LogP contribution in [0.4, 0.5) is 10.1 Å². The molecule has 0 bridgehead atoms. The summed E-state index contributed by atoms with van der Waals surface area (Å²) in [6, 6.07) is 16.1. The van der Waals surface area contributed by atoms with E-state index in [0.717, 1.165) is 0 Å². The number of hydrogen-bond acceptors (Lipinski definition) is 5. The molecular weight excluding hydrogens is 363 g/mol. The number of aromatic nitrogens is 1. The van der Waals surface area contributed by atoms with Gasteiger partial charge in [-0.15, -0.1) is 0 Å². The highest BCUT2D eigenvalue weighted by Gasteiger charge is 2.10. The SMILES string of the molecule is O=C(Nc1ccc(OCc2coc(-c3ccc(F)cc3)n2)cc1)c1ccco1. The molecule has 0 saturated carbocycles. The fraction of sp³-hybridized carbons (Fsp3) is 0.0476. The minimum atomic E-state index is -0.324. The topological polar surface area (TPSA) is 77.5 Å². The van der Waals surface area contributed by atoms with Gasteiger partial charge in [-0.2, -0.15) is 0 Å². The molecule has 140 valence electrons. The minimum Gasteiger partial charge on any atom is -0.487 e. The van der Waals surface area contributed by atoms with E-state index in [1.807, 2.05) is 0 Å². The van der Waals surface area contributed by atoms with E-state index in [1.54, 1.807) is 48.5 Å². The summed E-state index contributed by atoms with van der Waals surface area (Å²) >= 11 is 0. The minimum absolute atomic E-state index is 0.211. The van der Waals surface area contributed by atoms with Crippen LogP contribution in [0, 0.1) is 5.82 Å². The second kappa shape index (κ2) is 7.79. The van der Waals surface area contributed by atoms with Gasteiger partial charge in [-0.3, -0.25) is 4.79 Å². The third kappa shape index (κ3) is 4.09. The number of rotatable bonds is 6. The zero-order valence-corrected chi connectivity index (χ0v) is 14.6. The number of ether oxygens (including phenoxy) is 1. The number of anilines is 1. The van der Waals surface area contributed by atoms with Gasteiger partial charge in [0.25, 0.3) is 5.91 Å². The van der Waals surface area contributed by atoms with E-state index in [0.29, 0.717) is 28.6 Å². The van der Waals surface area contributed by atoms with E-state index in [2.05, 4.69) is 10.3 Å². The highest BCUT2D eigenvalue weighted by molar-refractivity contribution is 6.02. The van der Waals surface area contributed by atoms with Gasteiger partial charge < -0.3 is 18.9 Å². The molecule has 0 aliphatic carbocycles. The van der Waals surface area contributed by atoms with E-state index in [1.165, 1.54) is 24.7 Å². The first kappa shape index (κ1) is 17.5. The fourth-order valence-electron chi connectivity index (χ4n) is 2.49. The molecule has 4 rings (SSSR count). The summed E-state index contributed by atoms with van der Waals surface area (Å²) in [4.78, 5) is 16.3. The fourth-order valence-corrected chi connectivity index (χ4v) is 2.49. The van der Waals surface area contributed by atoms with E-state index >= 15 is 0 Å². The monoisotopic (exact) mass is 378 g/mol. The van der Waals surface area contributed by atoms with Crippen LogP contribution < -0.4 is 10.1 Å². The molecule has 1 N–H and O–H groups in total. The second-order valence-corrected chi connectivity index (χ2v) is 5.90. The summed E-state index contributed by atoms with van der Waals surface area (Å²) in [5, 5.41) is 2.73. The highest BCUT2D eigenvalue weighted by Crippen LogP contribution is 2.21. The van der Waals surface area contributed by atoms with Gasteiger partial charge in [-0.05, 0) is 60.7 Å². The zero-order chi connectivity index (χ0) is 19.3. The van der Waals surface area contributed by atoms with E-state index in [-0.39, 0.29) is 24.1 Å². The maximum absolute atomic E-state index is 13.0. The van der Waals surface area contributed by atoms with Crippen LogP contribution in [0.1, 0.15) is 16.2 Å². The molecule has 2 aromatic carbocycles. The lowest BCUT2D eigenvalue weighted by Crippen LogP contribution is -2.10. The van der Waals surface area contributed by atoms with Gasteiger partial charge in [0.2, 0.25) is 5.89 Å². The van der Waals surface area contributed by atoms with Crippen molar-refractivity contribution in [2.24, 2.45) is 0 Å². The van der Waals surface area contributed by atoms with E-state index < -0.39 is 0 Å². The van der Waals surface area contributed by atoms with Crippen molar-refractivity contribution in [3.05, 3.63) is 90.5 Å². The summed E-state index contributed by atoms with van der Waals surface area (Å²) in [5.74, 6) is 0.609. The van der Waals surface area contributed by atoms with Gasteiger partial charge in [-0.1, -0.05) is 0 Å². The van der Waals surface area contributed by atoms with Crippen LogP contribution in [-0.2, 0) is 6.61 Å². The highest BCUT2D eigenvalue weighted by atomic mass is 19.1. The van der Waals surface area contributed by atoms with Crippen molar-refractivity contribution in [3.63, 3.8) is 0 Å². The van der Waals surface area contributed by atoms with E-state index in [4.69, 9.17) is 13.6 Å². The predicted octanol–water partition coefficient (Wildman–Crippen LogP) is 4.91. The number of nitrogens with zero attached hydrogens (tertiary/aromatic N) is 1. The van der Waals surface area contributed by atoms with Crippen LogP contribution in [0.2, 0.25) is 0 Å². The zero-order valence-electron chi connectivity index (χ0n) is 14.6. The second-order valence-electron chi connectivity index (χ2n) is 5.90. The average Bonchev–Trinajstić information content (AvgIpc) is 3.40. The summed E-state index contributed by atoms with van der Waals surface area (Å²) < 4.78 is 29.1. The molecule has 0 aliphatic rings. The van der Waals surface area contributed by atoms with Crippen LogP contribution in [0.5, 0.6) is 5.75 Å². The number of hydrogen-bond donors (Lipinski definition) is 1. The van der Waals surface area contributed by atoms with Gasteiger partial charge in [0.1, 0.15) is 30.1 Å². The first-order valence-electron chi connectivity index (χ1n) is 8.45. The standard InChI is InChI=1S/C21H15FN2O4/c22-15-5-3-14(4-6-15)21-24-17(13-28-21)12-27-18-9-7-16(8-10-18)23-20(25)19-2-1-11-26-19/h1-11,13H,12H2,(H,23,25). The molecule has 1 amide bonds. The summed E-state index contributed by atoms with van der Waals surface area (Å²) in [6.07, 6.45) is 2.94. The molecule has 0 radical (unpaired) electrons. The first-order chi connectivity index (χ1) is 13.7. The lowest BCUT2D eigenvalue weighted by Gasteiger charge is -2.06. The van der Waals surface area contributed by atoms with Gasteiger partial charge in [0, 0.05) is 11.3 Å². The van der Waals surface area contributed by atoms with Crippen LogP contribution >= 0.6 is 0 Å².